The molecule has 2 N–H and O–H groups in total. The van der Waals surface area contributed by atoms with E-state index < -0.39 is 47.6 Å². The minimum atomic E-state index is -1.66. The van der Waals surface area contributed by atoms with Gasteiger partial charge in [-0.2, -0.15) is 0 Å². The number of hydrogen-bond acceptors (Lipinski definition) is 7. The second-order valence-electron chi connectivity index (χ2n) is 7.76. The number of aliphatic hydroxyl groups excluding tert-OH is 2. The molecule has 3 rings (SSSR count). The molecule has 0 spiro atoms. The molecule has 3 aliphatic rings. The smallest absolute Gasteiger partial charge is 0.337 e. The van der Waals surface area contributed by atoms with Crippen molar-refractivity contribution in [2.75, 3.05) is 0 Å². The lowest BCUT2D eigenvalue weighted by atomic mass is 9.72. The summed E-state index contributed by atoms with van der Waals surface area (Å²) in [5.41, 5.74) is -1.74. The molecule has 1 aliphatic carbocycles. The number of esters is 2. The van der Waals surface area contributed by atoms with Crippen molar-refractivity contribution in [2.24, 2.45) is 5.41 Å². The Morgan fingerprint density at radius 2 is 2.11 bits per heavy atom. The number of aliphatic hydroxyl groups is 2. The number of rotatable bonds is 2. The van der Waals surface area contributed by atoms with Crippen molar-refractivity contribution in [3.05, 3.63) is 35.5 Å². The molecule has 2 saturated heterocycles. The summed E-state index contributed by atoms with van der Waals surface area (Å²) in [5, 5.41) is 21.6. The maximum absolute atomic E-state index is 12.5. The van der Waals surface area contributed by atoms with Gasteiger partial charge in [0.25, 0.3) is 0 Å². The third-order valence-corrected chi connectivity index (χ3v) is 6.12. The molecule has 2 aliphatic heterocycles. The second-order valence-corrected chi connectivity index (χ2v) is 7.76. The van der Waals surface area contributed by atoms with Crippen LogP contribution in [0.4, 0.5) is 0 Å². The van der Waals surface area contributed by atoms with Gasteiger partial charge in [-0.3, -0.25) is 0 Å². The van der Waals surface area contributed by atoms with Crippen LogP contribution in [0.3, 0.4) is 0 Å². The van der Waals surface area contributed by atoms with Crippen molar-refractivity contribution >= 4 is 11.9 Å². The van der Waals surface area contributed by atoms with Gasteiger partial charge in [-0.1, -0.05) is 25.7 Å². The van der Waals surface area contributed by atoms with E-state index in [1.165, 1.54) is 0 Å². The molecule has 0 radical (unpaired) electrons. The Labute approximate surface area is 158 Å². The summed E-state index contributed by atoms with van der Waals surface area (Å²) in [6.45, 7) is 10.5. The zero-order valence-electron chi connectivity index (χ0n) is 16.0. The van der Waals surface area contributed by atoms with E-state index in [0.29, 0.717) is 24.0 Å². The van der Waals surface area contributed by atoms with E-state index in [1.54, 1.807) is 33.8 Å². The van der Waals surface area contributed by atoms with E-state index in [-0.39, 0.29) is 5.57 Å². The lowest BCUT2D eigenvalue weighted by Gasteiger charge is -2.38. The Bertz CT molecular complexity index is 751. The Hall–Kier alpha value is -1.96. The van der Waals surface area contributed by atoms with Crippen LogP contribution in [-0.2, 0) is 23.8 Å². The lowest BCUT2D eigenvalue weighted by molar-refractivity contribution is -0.204. The summed E-state index contributed by atoms with van der Waals surface area (Å²) in [7, 11) is 0. The molecule has 6 atom stereocenters. The molecule has 0 amide bonds. The van der Waals surface area contributed by atoms with E-state index in [1.807, 2.05) is 6.08 Å². The van der Waals surface area contributed by atoms with Gasteiger partial charge in [0.05, 0.1) is 11.0 Å². The summed E-state index contributed by atoms with van der Waals surface area (Å²) in [5.74, 6) is -1.34. The van der Waals surface area contributed by atoms with Gasteiger partial charge < -0.3 is 24.4 Å². The van der Waals surface area contributed by atoms with Crippen LogP contribution in [0.5, 0.6) is 0 Å². The van der Waals surface area contributed by atoms with Crippen LogP contribution < -0.4 is 0 Å². The topological polar surface area (TPSA) is 102 Å². The third kappa shape index (κ3) is 2.68. The minimum Gasteiger partial charge on any atom is -0.455 e. The fourth-order valence-corrected chi connectivity index (χ4v) is 4.12. The first kappa shape index (κ1) is 19.8. The van der Waals surface area contributed by atoms with Gasteiger partial charge in [0.15, 0.2) is 18.0 Å². The SMILES string of the molecule is C=C1C(=O)O[C@@H]2[C@]3(C)CC/C=C(\C)[C@@H](O)[C@@H](OC(=O)/C(C)=C\C)[C@@]12O[C@@H]3O. The number of allylic oxidation sites excluding steroid dienone is 2. The fraction of sp³-hybridized carbons (Fsp3) is 0.600. The monoisotopic (exact) mass is 378 g/mol. The minimum absolute atomic E-state index is 0.0695. The van der Waals surface area contributed by atoms with E-state index in [9.17, 15) is 19.8 Å². The molecule has 2 heterocycles. The Morgan fingerprint density at radius 3 is 2.74 bits per heavy atom. The van der Waals surface area contributed by atoms with E-state index >= 15 is 0 Å². The molecule has 148 valence electrons. The maximum atomic E-state index is 12.5. The van der Waals surface area contributed by atoms with Crippen molar-refractivity contribution in [1.82, 2.24) is 0 Å². The number of carbonyl (C=O) groups excluding carboxylic acids is 2. The van der Waals surface area contributed by atoms with Crippen molar-refractivity contribution in [3.8, 4) is 0 Å². The van der Waals surface area contributed by atoms with Gasteiger partial charge in [-0.25, -0.2) is 9.59 Å². The van der Waals surface area contributed by atoms with Gasteiger partial charge in [0.1, 0.15) is 12.2 Å². The molecule has 2 fully saturated rings. The van der Waals surface area contributed by atoms with E-state index in [2.05, 4.69) is 6.58 Å². The second kappa shape index (κ2) is 6.58. The summed E-state index contributed by atoms with van der Waals surface area (Å²) in [6.07, 6.45) is -0.335. The summed E-state index contributed by atoms with van der Waals surface area (Å²) >= 11 is 0. The van der Waals surface area contributed by atoms with Gasteiger partial charge in [-0.15, -0.1) is 0 Å². The average Bonchev–Trinajstić information content (AvgIpc) is 3.01. The summed E-state index contributed by atoms with van der Waals surface area (Å²) in [6, 6.07) is 0. The largest absolute Gasteiger partial charge is 0.455 e. The Kier molecular flexibility index (Phi) is 4.82. The predicted octanol–water partition coefficient (Wildman–Crippen LogP) is 1.54. The quantitative estimate of drug-likeness (QED) is 0.427. The molecule has 0 aromatic carbocycles. The van der Waals surface area contributed by atoms with Gasteiger partial charge in [-0.05, 0) is 39.2 Å². The zero-order valence-corrected chi connectivity index (χ0v) is 16.0. The first-order chi connectivity index (χ1) is 12.6. The molecule has 0 unspecified atom stereocenters. The molecule has 27 heavy (non-hydrogen) atoms. The van der Waals surface area contributed by atoms with Gasteiger partial charge >= 0.3 is 11.9 Å². The molecular weight excluding hydrogens is 352 g/mol. The Balaban J connectivity index is 2.18. The Morgan fingerprint density at radius 1 is 1.44 bits per heavy atom. The normalized spacial score (nSPS) is 43.8. The molecule has 7 nitrogen and oxygen atoms in total. The van der Waals surface area contributed by atoms with Gasteiger partial charge in [0.2, 0.25) is 0 Å². The predicted molar refractivity (Wildman–Crippen MR) is 95.3 cm³/mol. The first-order valence-electron chi connectivity index (χ1n) is 9.04. The molecule has 7 heteroatoms. The van der Waals surface area contributed by atoms with Crippen LogP contribution in [0, 0.1) is 5.41 Å². The van der Waals surface area contributed by atoms with Crippen molar-refractivity contribution in [1.29, 1.82) is 0 Å². The van der Waals surface area contributed by atoms with Crippen LogP contribution >= 0.6 is 0 Å². The molecule has 2 bridgehead atoms. The molecule has 0 aromatic heterocycles. The summed E-state index contributed by atoms with van der Waals surface area (Å²) in [4.78, 5) is 24.9. The standard InChI is InChI=1S/C20H26O7/c1-6-10(2)15(22)25-14-13(21)11(3)8-7-9-19(5)17-20(14,27-18(19)24)12(4)16(23)26-17/h6,8,13-14,17-18,21,24H,4,7,9H2,1-3,5H3/b10-6-,11-8+/t13-,14-,17-,18+,19+,20+/m1/s1. The highest BCUT2D eigenvalue weighted by molar-refractivity contribution is 5.94. The van der Waals surface area contributed by atoms with Crippen molar-refractivity contribution in [3.63, 3.8) is 0 Å². The van der Waals surface area contributed by atoms with E-state index in [4.69, 9.17) is 14.2 Å². The highest BCUT2D eigenvalue weighted by atomic mass is 16.7. The van der Waals surface area contributed by atoms with Crippen LogP contribution in [0.1, 0.15) is 40.5 Å². The summed E-state index contributed by atoms with van der Waals surface area (Å²) < 4.78 is 17.0. The highest BCUT2D eigenvalue weighted by Crippen LogP contribution is 2.57. The van der Waals surface area contributed by atoms with Gasteiger partial charge in [0, 0.05) is 5.57 Å². The maximum Gasteiger partial charge on any atom is 0.337 e. The molecule has 0 aromatic rings. The number of carbonyl (C=O) groups is 2. The van der Waals surface area contributed by atoms with Crippen LogP contribution in [-0.4, -0.2) is 52.4 Å². The first-order valence-corrected chi connectivity index (χ1v) is 9.04. The van der Waals surface area contributed by atoms with Crippen molar-refractivity contribution in [2.45, 2.75) is 70.7 Å². The zero-order chi connectivity index (χ0) is 20.1. The third-order valence-electron chi connectivity index (χ3n) is 6.12. The fourth-order valence-electron chi connectivity index (χ4n) is 4.12. The lowest BCUT2D eigenvalue weighted by Crippen LogP contribution is -2.57. The highest BCUT2D eigenvalue weighted by Gasteiger charge is 2.74. The molecule has 0 saturated carbocycles. The number of ether oxygens (including phenoxy) is 3. The van der Waals surface area contributed by atoms with Crippen LogP contribution in [0.25, 0.3) is 0 Å². The molecular formula is C20H26O7. The van der Waals surface area contributed by atoms with Crippen molar-refractivity contribution < 1.29 is 34.0 Å². The average molecular weight is 378 g/mol. The van der Waals surface area contributed by atoms with Crippen LogP contribution in [0.2, 0.25) is 0 Å². The number of hydrogen-bond donors (Lipinski definition) is 2. The van der Waals surface area contributed by atoms with Crippen LogP contribution in [0.15, 0.2) is 35.5 Å². The van der Waals surface area contributed by atoms with E-state index in [0.717, 1.165) is 0 Å².